The molecule has 0 aliphatic rings. The molecule has 0 aliphatic heterocycles. The molecule has 0 saturated carbocycles. The summed E-state index contributed by atoms with van der Waals surface area (Å²) in [5, 5.41) is 0. The highest BCUT2D eigenvalue weighted by Gasteiger charge is 2.06. The van der Waals surface area contributed by atoms with Gasteiger partial charge in [0.1, 0.15) is 0 Å². The minimum absolute atomic E-state index is 0.122. The van der Waals surface area contributed by atoms with Crippen LogP contribution in [-0.2, 0) is 0 Å². The molecule has 0 unspecified atom stereocenters. The van der Waals surface area contributed by atoms with Crippen LogP contribution in [0, 0.1) is 0 Å². The number of hydrogen-bond donors (Lipinski definition) is 1. The van der Waals surface area contributed by atoms with Crippen molar-refractivity contribution in [1.82, 2.24) is 0 Å². The van der Waals surface area contributed by atoms with Gasteiger partial charge in [-0.2, -0.15) is 0 Å². The summed E-state index contributed by atoms with van der Waals surface area (Å²) in [6.45, 7) is 0. The lowest BCUT2D eigenvalue weighted by Crippen LogP contribution is -2.11. The third-order valence-corrected chi connectivity index (χ3v) is 1.99. The monoisotopic (exact) mass is 188 g/mol. The van der Waals surface area contributed by atoms with Crippen molar-refractivity contribution in [3.8, 4) is 0 Å². The fourth-order valence-electron chi connectivity index (χ4n) is 1.24. The molecule has 0 spiro atoms. The van der Waals surface area contributed by atoms with E-state index < -0.39 is 12.1 Å². The Morgan fingerprint density at radius 3 is 2.21 bits per heavy atom. The SMILES string of the molecule is [2H]c1c([2H])c([2H])c([C@H](N)c2ccccc2)c([2H])c1[2H]. The number of nitrogens with two attached hydrogens (primary N) is 1. The van der Waals surface area contributed by atoms with Gasteiger partial charge >= 0.3 is 0 Å². The maximum absolute atomic E-state index is 7.86. The largest absolute Gasteiger partial charge is 0.320 e. The molecule has 70 valence electrons. The first-order chi connectivity index (χ1) is 8.95. The van der Waals surface area contributed by atoms with E-state index in [1.807, 2.05) is 6.07 Å². The van der Waals surface area contributed by atoms with Crippen molar-refractivity contribution in [3.05, 3.63) is 71.7 Å². The van der Waals surface area contributed by atoms with E-state index >= 15 is 0 Å². The van der Waals surface area contributed by atoms with Crippen LogP contribution in [-0.4, -0.2) is 0 Å². The quantitative estimate of drug-likeness (QED) is 0.770. The van der Waals surface area contributed by atoms with Gasteiger partial charge in [-0.3, -0.25) is 0 Å². The highest BCUT2D eigenvalue weighted by atomic mass is 14.6. The zero-order valence-electron chi connectivity index (χ0n) is 12.5. The molecule has 14 heavy (non-hydrogen) atoms. The van der Waals surface area contributed by atoms with Gasteiger partial charge in [-0.05, 0) is 11.1 Å². The van der Waals surface area contributed by atoms with E-state index in [0.29, 0.717) is 5.56 Å². The third-order valence-electron chi connectivity index (χ3n) is 1.99. The summed E-state index contributed by atoms with van der Waals surface area (Å²) in [4.78, 5) is 0. The van der Waals surface area contributed by atoms with E-state index in [0.717, 1.165) is 0 Å². The molecule has 0 aliphatic carbocycles. The van der Waals surface area contributed by atoms with Crippen molar-refractivity contribution < 1.29 is 6.85 Å². The Kier molecular flexibility index (Phi) is 1.38. The molecule has 1 heteroatoms. The Hall–Kier alpha value is -1.60. The first-order valence-electron chi connectivity index (χ1n) is 6.82. The van der Waals surface area contributed by atoms with Crippen molar-refractivity contribution in [1.29, 1.82) is 0 Å². The number of benzene rings is 2. The Bertz CT molecular complexity index is 583. The Morgan fingerprint density at radius 2 is 1.57 bits per heavy atom. The summed E-state index contributed by atoms with van der Waals surface area (Å²) in [5.41, 5.74) is 6.87. The third kappa shape index (κ3) is 1.83. The lowest BCUT2D eigenvalue weighted by molar-refractivity contribution is 0.871. The highest BCUT2D eigenvalue weighted by Crippen LogP contribution is 2.18. The molecule has 0 amide bonds. The molecule has 0 radical (unpaired) electrons. The molecular formula is C13H13N. The van der Waals surface area contributed by atoms with Crippen molar-refractivity contribution >= 4 is 0 Å². The van der Waals surface area contributed by atoms with Crippen LogP contribution in [0.3, 0.4) is 0 Å². The van der Waals surface area contributed by atoms with Gasteiger partial charge in [0.15, 0.2) is 0 Å². The Balaban J connectivity index is 2.64. The molecule has 0 bridgehead atoms. The summed E-state index contributed by atoms with van der Waals surface area (Å²) in [6.07, 6.45) is 0. The van der Waals surface area contributed by atoms with Crippen LogP contribution in [0.1, 0.15) is 24.0 Å². The number of rotatable bonds is 2. The van der Waals surface area contributed by atoms with Gasteiger partial charge < -0.3 is 5.73 Å². The summed E-state index contributed by atoms with van der Waals surface area (Å²) in [5.74, 6) is 0. The second-order valence-electron chi connectivity index (χ2n) is 2.93. The van der Waals surface area contributed by atoms with Crippen LogP contribution < -0.4 is 5.73 Å². The molecule has 2 N–H and O–H groups in total. The van der Waals surface area contributed by atoms with E-state index in [1.54, 1.807) is 24.3 Å². The topological polar surface area (TPSA) is 26.0 Å². The zero-order valence-corrected chi connectivity index (χ0v) is 7.54. The summed E-state index contributed by atoms with van der Waals surface area (Å²) >= 11 is 0. The standard InChI is InChI=1S/C13H13N/c14-13(11-7-3-1-4-8-11)12-9-5-2-6-10-12/h1-10,13H,14H2/i1D,3D,4D,7D,8D/t13-/m0/s1. The summed E-state index contributed by atoms with van der Waals surface area (Å²) in [7, 11) is 0. The molecule has 1 atom stereocenters. The van der Waals surface area contributed by atoms with Crippen LogP contribution in [0.4, 0.5) is 0 Å². The first-order valence-corrected chi connectivity index (χ1v) is 4.32. The molecule has 2 rings (SSSR count). The molecule has 0 heterocycles. The molecule has 0 saturated heterocycles. The molecular weight excluding hydrogens is 170 g/mol. The maximum Gasteiger partial charge on any atom is 0.0626 e. The van der Waals surface area contributed by atoms with E-state index in [2.05, 4.69) is 0 Å². The normalized spacial score (nSPS) is 17.4. The van der Waals surface area contributed by atoms with Gasteiger partial charge in [-0.25, -0.2) is 0 Å². The fourth-order valence-corrected chi connectivity index (χ4v) is 1.24. The van der Waals surface area contributed by atoms with Crippen molar-refractivity contribution in [2.45, 2.75) is 6.04 Å². The summed E-state index contributed by atoms with van der Waals surface area (Å²) < 4.78 is 38.5. The summed E-state index contributed by atoms with van der Waals surface area (Å²) in [6, 6.07) is 6.60. The molecule has 0 fully saturated rings. The van der Waals surface area contributed by atoms with E-state index in [9.17, 15) is 0 Å². The number of hydrogen-bond acceptors (Lipinski definition) is 1. The van der Waals surface area contributed by atoms with Gasteiger partial charge in [0.05, 0.1) is 12.9 Å². The minimum Gasteiger partial charge on any atom is -0.320 e. The van der Waals surface area contributed by atoms with E-state index in [-0.39, 0.29) is 29.7 Å². The van der Waals surface area contributed by atoms with Gasteiger partial charge in [0.25, 0.3) is 0 Å². The maximum atomic E-state index is 7.86. The Morgan fingerprint density at radius 1 is 0.929 bits per heavy atom. The molecule has 1 nitrogen and oxygen atoms in total. The average molecular weight is 188 g/mol. The molecule has 2 aromatic carbocycles. The fraction of sp³-hybridized carbons (Fsp3) is 0.0769. The zero-order chi connectivity index (χ0) is 14.2. The van der Waals surface area contributed by atoms with Gasteiger partial charge in [0, 0.05) is 0 Å². The van der Waals surface area contributed by atoms with Gasteiger partial charge in [-0.1, -0.05) is 60.5 Å². The van der Waals surface area contributed by atoms with Gasteiger partial charge in [-0.15, -0.1) is 0 Å². The van der Waals surface area contributed by atoms with Crippen molar-refractivity contribution in [3.63, 3.8) is 0 Å². The second-order valence-corrected chi connectivity index (χ2v) is 2.93. The van der Waals surface area contributed by atoms with Crippen LogP contribution in [0.25, 0.3) is 0 Å². The van der Waals surface area contributed by atoms with Crippen LogP contribution in [0.5, 0.6) is 0 Å². The molecule has 0 aromatic heterocycles. The predicted octanol–water partition coefficient (Wildman–Crippen LogP) is 2.73. The smallest absolute Gasteiger partial charge is 0.0626 e. The lowest BCUT2D eigenvalue weighted by atomic mass is 10.00. The predicted molar refractivity (Wildman–Crippen MR) is 58.9 cm³/mol. The van der Waals surface area contributed by atoms with Crippen LogP contribution >= 0.6 is 0 Å². The van der Waals surface area contributed by atoms with Crippen molar-refractivity contribution in [2.24, 2.45) is 5.73 Å². The van der Waals surface area contributed by atoms with Crippen LogP contribution in [0.2, 0.25) is 0 Å². The Labute approximate surface area is 91.2 Å². The first kappa shape index (κ1) is 4.76. The van der Waals surface area contributed by atoms with E-state index in [1.165, 1.54) is 0 Å². The van der Waals surface area contributed by atoms with Crippen molar-refractivity contribution in [2.75, 3.05) is 0 Å². The average Bonchev–Trinajstić information content (AvgIpc) is 2.44. The highest BCUT2D eigenvalue weighted by molar-refractivity contribution is 5.30. The minimum atomic E-state index is -0.741. The van der Waals surface area contributed by atoms with E-state index in [4.69, 9.17) is 12.6 Å². The van der Waals surface area contributed by atoms with Gasteiger partial charge in [0.2, 0.25) is 0 Å². The molecule has 2 aromatic rings. The second kappa shape index (κ2) is 4.07. The van der Waals surface area contributed by atoms with Crippen LogP contribution in [0.15, 0.2) is 60.5 Å². The lowest BCUT2D eigenvalue weighted by Gasteiger charge is -2.11.